The summed E-state index contributed by atoms with van der Waals surface area (Å²) in [6, 6.07) is 10.2. The molecule has 4 aliphatic rings. The Morgan fingerprint density at radius 1 is 0.860 bits per heavy atom. The van der Waals surface area contributed by atoms with Crippen molar-refractivity contribution in [1.29, 1.82) is 0 Å². The number of amides is 1. The van der Waals surface area contributed by atoms with Gasteiger partial charge in [-0.2, -0.15) is 0 Å². The molecule has 12 heteroatoms. The van der Waals surface area contributed by atoms with Crippen LogP contribution in [0.3, 0.4) is 0 Å². The van der Waals surface area contributed by atoms with Gasteiger partial charge in [0.05, 0.1) is 41.5 Å². The van der Waals surface area contributed by atoms with Crippen LogP contribution in [0.1, 0.15) is 44.1 Å². The Hall–Kier alpha value is -2.05. The van der Waals surface area contributed by atoms with Crippen LogP contribution in [0.4, 0.5) is 13.6 Å². The number of fused-ring (bicyclic) bond motifs is 2. The lowest BCUT2D eigenvalue weighted by atomic mass is 10.0. The Kier molecular flexibility index (Phi) is 10.5. The predicted molar refractivity (Wildman–Crippen MR) is 162 cm³/mol. The van der Waals surface area contributed by atoms with Gasteiger partial charge in [-0.3, -0.25) is 9.80 Å². The van der Waals surface area contributed by atoms with Crippen molar-refractivity contribution in [3.63, 3.8) is 0 Å². The number of nitrogens with zero attached hydrogens (tertiary/aromatic N) is 3. The van der Waals surface area contributed by atoms with E-state index in [1.807, 2.05) is 20.8 Å². The lowest BCUT2D eigenvalue weighted by Gasteiger charge is -2.46. The van der Waals surface area contributed by atoms with Gasteiger partial charge in [0.25, 0.3) is 0 Å². The van der Waals surface area contributed by atoms with E-state index < -0.39 is 11.4 Å². The summed E-state index contributed by atoms with van der Waals surface area (Å²) in [6.07, 6.45) is -0.417. The van der Waals surface area contributed by atoms with E-state index in [9.17, 15) is 13.6 Å². The second kappa shape index (κ2) is 13.9. The first-order valence-electron chi connectivity index (χ1n) is 14.8. The van der Waals surface area contributed by atoms with Crippen molar-refractivity contribution in [2.24, 2.45) is 0 Å². The van der Waals surface area contributed by atoms with E-state index in [1.54, 1.807) is 29.2 Å². The molecule has 6 rings (SSSR count). The summed E-state index contributed by atoms with van der Waals surface area (Å²) in [5.41, 5.74) is 1.34. The molecule has 4 aliphatic heterocycles. The Morgan fingerprint density at radius 2 is 1.42 bits per heavy atom. The van der Waals surface area contributed by atoms with Crippen LogP contribution in [-0.2, 0) is 14.2 Å². The zero-order chi connectivity index (χ0) is 30.7. The van der Waals surface area contributed by atoms with Crippen LogP contribution < -0.4 is 5.32 Å². The number of carbonyl (C=O) groups is 1. The molecule has 2 unspecified atom stereocenters. The van der Waals surface area contributed by atoms with Gasteiger partial charge < -0.3 is 24.4 Å². The molecule has 0 aliphatic carbocycles. The number of hydrogen-bond acceptors (Lipinski definition) is 7. The van der Waals surface area contributed by atoms with Crippen LogP contribution in [0, 0.1) is 11.6 Å². The third-order valence-corrected chi connectivity index (χ3v) is 8.72. The predicted octanol–water partition coefficient (Wildman–Crippen LogP) is 5.30. The molecule has 4 atom stereocenters. The molecule has 236 valence electrons. The van der Waals surface area contributed by atoms with E-state index in [0.29, 0.717) is 38.9 Å². The largest absolute Gasteiger partial charge is 0.444 e. The number of morpholine rings is 2. The summed E-state index contributed by atoms with van der Waals surface area (Å²) in [7, 11) is 0. The second-order valence-electron chi connectivity index (χ2n) is 12.4. The quantitative estimate of drug-likeness (QED) is 0.478. The van der Waals surface area contributed by atoms with Crippen molar-refractivity contribution in [2.45, 2.75) is 50.7 Å². The smallest absolute Gasteiger partial charge is 0.410 e. The number of benzene rings is 2. The minimum atomic E-state index is -0.496. The average Bonchev–Trinajstić information content (AvgIpc) is 2.98. The first-order valence-corrected chi connectivity index (χ1v) is 15.5. The van der Waals surface area contributed by atoms with Crippen molar-refractivity contribution in [3.8, 4) is 0 Å². The standard InChI is InChI=1S/C18H24ClFN2O3.C13H16ClFN2O/c1-18(2,3)25-17(23)22-7-6-21-10-16(24-11-13(21)9-22)12-4-5-15(20)14(19)8-12;14-11-5-9(1-2-12(11)15)13-7-17-4-3-16-6-10(17)8-18-13/h4-5,8,13,16H,6-7,9-11H2,1-3H3;1-2,5,10,13,16H,3-4,6-8H2/t;10-,13-/m.0/s1. The highest BCUT2D eigenvalue weighted by molar-refractivity contribution is 6.31. The van der Waals surface area contributed by atoms with Crippen LogP contribution >= 0.6 is 23.2 Å². The Labute approximate surface area is 262 Å². The number of nitrogens with one attached hydrogen (secondary N) is 1. The lowest BCUT2D eigenvalue weighted by Crippen LogP contribution is -2.59. The van der Waals surface area contributed by atoms with Gasteiger partial charge in [-0.1, -0.05) is 35.3 Å². The molecular formula is C31H40Cl2F2N4O4. The van der Waals surface area contributed by atoms with E-state index >= 15 is 0 Å². The number of rotatable bonds is 2. The number of halogens is 4. The van der Waals surface area contributed by atoms with Crippen LogP contribution in [0.15, 0.2) is 36.4 Å². The maximum absolute atomic E-state index is 13.3. The van der Waals surface area contributed by atoms with Crippen molar-refractivity contribution < 1.29 is 27.8 Å². The third kappa shape index (κ3) is 8.36. The molecule has 4 fully saturated rings. The SMILES string of the molecule is CC(C)(C)OC(=O)N1CCN2CC(c3ccc(F)c(Cl)c3)OCC2C1.Fc1ccc([C@@H]2CN3CCNC[C@H]3CO2)cc1Cl. The fourth-order valence-corrected chi connectivity index (χ4v) is 6.18. The highest BCUT2D eigenvalue weighted by Crippen LogP contribution is 2.30. The minimum absolute atomic E-state index is 0.00236. The molecule has 4 saturated heterocycles. The van der Waals surface area contributed by atoms with Gasteiger partial charge in [-0.05, 0) is 56.2 Å². The van der Waals surface area contributed by atoms with Gasteiger partial charge in [0.2, 0.25) is 0 Å². The van der Waals surface area contributed by atoms with E-state index in [4.69, 9.17) is 37.4 Å². The highest BCUT2D eigenvalue weighted by atomic mass is 35.5. The number of piperazine rings is 2. The van der Waals surface area contributed by atoms with Crippen molar-refractivity contribution in [2.75, 3.05) is 65.6 Å². The summed E-state index contributed by atoms with van der Waals surface area (Å²) in [5.74, 6) is -0.804. The Morgan fingerprint density at radius 3 is 1.98 bits per heavy atom. The molecule has 1 N–H and O–H groups in total. The molecular weight excluding hydrogens is 601 g/mol. The Bertz CT molecular complexity index is 1280. The van der Waals surface area contributed by atoms with Gasteiger partial charge in [0.1, 0.15) is 17.2 Å². The van der Waals surface area contributed by atoms with Crippen LogP contribution in [0.25, 0.3) is 0 Å². The molecule has 0 radical (unpaired) electrons. The maximum atomic E-state index is 13.3. The number of carbonyl (C=O) groups excluding carboxylic acids is 1. The molecule has 0 saturated carbocycles. The third-order valence-electron chi connectivity index (χ3n) is 8.14. The van der Waals surface area contributed by atoms with Gasteiger partial charge in [0, 0.05) is 58.4 Å². The molecule has 0 spiro atoms. The molecule has 0 bridgehead atoms. The Balaban J connectivity index is 0.000000180. The normalized spacial score (nSPS) is 26.5. The minimum Gasteiger partial charge on any atom is -0.444 e. The maximum Gasteiger partial charge on any atom is 0.410 e. The molecule has 43 heavy (non-hydrogen) atoms. The van der Waals surface area contributed by atoms with Crippen LogP contribution in [0.2, 0.25) is 10.0 Å². The van der Waals surface area contributed by atoms with E-state index in [-0.39, 0.29) is 40.2 Å². The van der Waals surface area contributed by atoms with Crippen molar-refractivity contribution >= 4 is 29.3 Å². The van der Waals surface area contributed by atoms with Gasteiger partial charge in [-0.25, -0.2) is 13.6 Å². The van der Waals surface area contributed by atoms with Crippen LogP contribution in [-0.4, -0.2) is 104 Å². The van der Waals surface area contributed by atoms with E-state index in [0.717, 1.165) is 43.9 Å². The second-order valence-corrected chi connectivity index (χ2v) is 13.2. The molecule has 2 aromatic carbocycles. The fourth-order valence-electron chi connectivity index (χ4n) is 5.81. The first-order chi connectivity index (χ1) is 20.5. The average molecular weight is 642 g/mol. The molecule has 2 aromatic rings. The fraction of sp³-hybridized carbons (Fsp3) is 0.581. The summed E-state index contributed by atoms with van der Waals surface area (Å²) in [5, 5.41) is 3.64. The summed E-state index contributed by atoms with van der Waals surface area (Å²) in [4.78, 5) is 18.7. The first kappa shape index (κ1) is 32.3. The van der Waals surface area contributed by atoms with E-state index in [1.165, 1.54) is 12.1 Å². The topological polar surface area (TPSA) is 66.5 Å². The van der Waals surface area contributed by atoms with Gasteiger partial charge in [0.15, 0.2) is 0 Å². The number of ether oxygens (including phenoxy) is 3. The molecule has 1 amide bonds. The molecule has 4 heterocycles. The zero-order valence-corrected chi connectivity index (χ0v) is 26.3. The lowest BCUT2D eigenvalue weighted by molar-refractivity contribution is -0.0906. The zero-order valence-electron chi connectivity index (χ0n) is 24.8. The highest BCUT2D eigenvalue weighted by Gasteiger charge is 2.37. The van der Waals surface area contributed by atoms with Crippen molar-refractivity contribution in [3.05, 3.63) is 69.2 Å². The molecule has 0 aromatic heterocycles. The summed E-state index contributed by atoms with van der Waals surface area (Å²) >= 11 is 11.7. The van der Waals surface area contributed by atoms with E-state index in [2.05, 4.69) is 15.1 Å². The van der Waals surface area contributed by atoms with Crippen LogP contribution in [0.5, 0.6) is 0 Å². The monoisotopic (exact) mass is 640 g/mol. The number of hydrogen-bond donors (Lipinski definition) is 1. The van der Waals surface area contributed by atoms with Gasteiger partial charge in [-0.15, -0.1) is 0 Å². The summed E-state index contributed by atoms with van der Waals surface area (Å²) < 4.78 is 43.8. The molecule has 8 nitrogen and oxygen atoms in total. The van der Waals surface area contributed by atoms with Crippen molar-refractivity contribution in [1.82, 2.24) is 20.0 Å². The van der Waals surface area contributed by atoms with Gasteiger partial charge >= 0.3 is 6.09 Å². The summed E-state index contributed by atoms with van der Waals surface area (Å²) in [6.45, 7) is 13.4.